The summed E-state index contributed by atoms with van der Waals surface area (Å²) >= 11 is 0. The van der Waals surface area contributed by atoms with E-state index in [2.05, 4.69) is 144 Å². The quantitative estimate of drug-likeness (QED) is 0.415. The summed E-state index contributed by atoms with van der Waals surface area (Å²) in [6, 6.07) is 0. The zero-order valence-electron chi connectivity index (χ0n) is 20.8. The lowest BCUT2D eigenvalue weighted by atomic mass is 9.72. The molecule has 0 radical (unpaired) electrons. The van der Waals surface area contributed by atoms with Gasteiger partial charge in [-0.1, -0.05) is 155 Å². The first-order chi connectivity index (χ1) is 12.5. The van der Waals surface area contributed by atoms with E-state index >= 15 is 0 Å². The summed E-state index contributed by atoms with van der Waals surface area (Å²) in [6.45, 7) is 27.4. The van der Waals surface area contributed by atoms with Gasteiger partial charge in [-0.05, 0) is 21.7 Å². The molecule has 0 N–H and O–H groups in total. The molecule has 0 saturated heterocycles. The second-order valence-electron chi connectivity index (χ2n) is 11.7. The van der Waals surface area contributed by atoms with Crippen LogP contribution in [-0.2, 0) is 0 Å². The van der Waals surface area contributed by atoms with Crippen LogP contribution in [0, 0.1) is 21.7 Å². The SMILES string of the molecule is CC(C)(C)C(=C/C=C/C=C/C=C/C=C/C=C(C(C)(C)C)C(C)(C)C)C(C)(C)C. The number of allylic oxidation sites excluding steroid dienone is 12. The second-order valence-corrected chi connectivity index (χ2v) is 11.7. The van der Waals surface area contributed by atoms with Crippen molar-refractivity contribution in [2.45, 2.75) is 83.1 Å². The van der Waals surface area contributed by atoms with E-state index in [1.54, 1.807) is 0 Å². The molecule has 0 rings (SSSR count). The number of hydrogen-bond donors (Lipinski definition) is 0. The van der Waals surface area contributed by atoms with E-state index in [-0.39, 0.29) is 21.7 Å². The highest BCUT2D eigenvalue weighted by Crippen LogP contribution is 2.39. The molecule has 0 saturated carbocycles. The van der Waals surface area contributed by atoms with Gasteiger partial charge in [0.1, 0.15) is 0 Å². The summed E-state index contributed by atoms with van der Waals surface area (Å²) in [5.74, 6) is 0. The predicted molar refractivity (Wildman–Crippen MR) is 131 cm³/mol. The lowest BCUT2D eigenvalue weighted by molar-refractivity contribution is 0.362. The van der Waals surface area contributed by atoms with E-state index in [1.165, 1.54) is 11.1 Å². The minimum atomic E-state index is 0.184. The maximum Gasteiger partial charge on any atom is -0.0165 e. The summed E-state index contributed by atoms with van der Waals surface area (Å²) in [6.07, 6.45) is 21.3. The third-order valence-corrected chi connectivity index (χ3v) is 4.54. The first-order valence-electron chi connectivity index (χ1n) is 10.6. The van der Waals surface area contributed by atoms with Crippen LogP contribution in [0.25, 0.3) is 0 Å². The third kappa shape index (κ3) is 10.7. The fraction of sp³-hybridized carbons (Fsp3) is 0.571. The molecular formula is C28H46. The van der Waals surface area contributed by atoms with E-state index in [0.717, 1.165) is 0 Å². The van der Waals surface area contributed by atoms with Crippen LogP contribution < -0.4 is 0 Å². The normalized spacial score (nSPS) is 14.6. The lowest BCUT2D eigenvalue weighted by Crippen LogP contribution is -2.22. The summed E-state index contributed by atoms with van der Waals surface area (Å²) in [4.78, 5) is 0. The first-order valence-corrected chi connectivity index (χ1v) is 10.6. The Bertz CT molecular complexity index is 551. The van der Waals surface area contributed by atoms with Crippen LogP contribution in [0.3, 0.4) is 0 Å². The minimum Gasteiger partial charge on any atom is -0.0623 e. The largest absolute Gasteiger partial charge is 0.0623 e. The van der Waals surface area contributed by atoms with Crippen molar-refractivity contribution >= 4 is 0 Å². The molecule has 0 amide bonds. The molecule has 0 aliphatic rings. The maximum absolute atomic E-state index is 2.28. The summed E-state index contributed by atoms with van der Waals surface area (Å²) in [5, 5.41) is 0. The van der Waals surface area contributed by atoms with Crippen molar-refractivity contribution in [3.8, 4) is 0 Å². The minimum absolute atomic E-state index is 0.184. The van der Waals surface area contributed by atoms with Gasteiger partial charge in [-0.2, -0.15) is 0 Å². The third-order valence-electron chi connectivity index (χ3n) is 4.54. The van der Waals surface area contributed by atoms with E-state index in [0.29, 0.717) is 0 Å². The van der Waals surface area contributed by atoms with E-state index < -0.39 is 0 Å². The molecule has 0 bridgehead atoms. The van der Waals surface area contributed by atoms with Gasteiger partial charge in [0.2, 0.25) is 0 Å². The molecule has 0 fully saturated rings. The number of rotatable bonds is 5. The van der Waals surface area contributed by atoms with Gasteiger partial charge in [0, 0.05) is 0 Å². The van der Waals surface area contributed by atoms with Gasteiger partial charge in [0.25, 0.3) is 0 Å². The molecule has 0 aliphatic carbocycles. The van der Waals surface area contributed by atoms with Gasteiger partial charge < -0.3 is 0 Å². The molecule has 28 heavy (non-hydrogen) atoms. The highest BCUT2D eigenvalue weighted by molar-refractivity contribution is 5.27. The van der Waals surface area contributed by atoms with Crippen molar-refractivity contribution in [3.63, 3.8) is 0 Å². The fourth-order valence-electron chi connectivity index (χ4n) is 3.94. The van der Waals surface area contributed by atoms with Gasteiger partial charge in [-0.25, -0.2) is 0 Å². The molecule has 0 aromatic rings. The lowest BCUT2D eigenvalue weighted by Gasteiger charge is -2.33. The standard InChI is InChI=1S/C28H46/c1-25(2,3)23(26(4,5)6)21-19-17-15-13-14-16-18-20-22-24(27(7,8)9)28(10,11)12/h13-22H,1-12H3/b15-13+,16-14+,19-17+,20-18+. The number of hydrogen-bond acceptors (Lipinski definition) is 0. The first kappa shape index (κ1) is 26.4. The van der Waals surface area contributed by atoms with Gasteiger partial charge >= 0.3 is 0 Å². The molecule has 0 aromatic heterocycles. The molecule has 0 aromatic carbocycles. The Hall–Kier alpha value is -1.56. The van der Waals surface area contributed by atoms with Crippen LogP contribution in [0.1, 0.15) is 83.1 Å². The zero-order chi connectivity index (χ0) is 22.2. The van der Waals surface area contributed by atoms with E-state index in [4.69, 9.17) is 0 Å². The average molecular weight is 383 g/mol. The van der Waals surface area contributed by atoms with Crippen LogP contribution in [-0.4, -0.2) is 0 Å². The Morgan fingerprint density at radius 3 is 0.679 bits per heavy atom. The monoisotopic (exact) mass is 382 g/mol. The summed E-state index contributed by atoms with van der Waals surface area (Å²) in [7, 11) is 0. The Kier molecular flexibility index (Phi) is 9.71. The van der Waals surface area contributed by atoms with Gasteiger partial charge in [-0.3, -0.25) is 0 Å². The highest BCUT2D eigenvalue weighted by atomic mass is 14.3. The van der Waals surface area contributed by atoms with Crippen LogP contribution in [0.2, 0.25) is 0 Å². The van der Waals surface area contributed by atoms with Crippen molar-refractivity contribution in [2.75, 3.05) is 0 Å². The zero-order valence-corrected chi connectivity index (χ0v) is 20.8. The van der Waals surface area contributed by atoms with Crippen molar-refractivity contribution in [1.29, 1.82) is 0 Å². The summed E-state index contributed by atoms with van der Waals surface area (Å²) < 4.78 is 0. The van der Waals surface area contributed by atoms with Gasteiger partial charge in [0.05, 0.1) is 0 Å². The van der Waals surface area contributed by atoms with E-state index in [9.17, 15) is 0 Å². The smallest absolute Gasteiger partial charge is 0.0165 e. The van der Waals surface area contributed by atoms with Crippen molar-refractivity contribution in [3.05, 3.63) is 71.9 Å². The maximum atomic E-state index is 2.28. The Balaban J connectivity index is 4.96. The Morgan fingerprint density at radius 2 is 0.500 bits per heavy atom. The molecule has 0 atom stereocenters. The molecule has 0 nitrogen and oxygen atoms in total. The average Bonchev–Trinajstić information content (AvgIpc) is 2.42. The van der Waals surface area contributed by atoms with Crippen LogP contribution in [0.15, 0.2) is 71.9 Å². The molecule has 0 aliphatic heterocycles. The molecule has 0 spiro atoms. The second kappa shape index (κ2) is 10.3. The molecule has 0 heterocycles. The van der Waals surface area contributed by atoms with E-state index in [1.807, 2.05) is 0 Å². The molecule has 158 valence electrons. The fourth-order valence-corrected chi connectivity index (χ4v) is 3.94. The van der Waals surface area contributed by atoms with Crippen LogP contribution in [0.4, 0.5) is 0 Å². The molecule has 0 unspecified atom stereocenters. The Labute approximate surface area is 176 Å². The molecule has 0 heteroatoms. The van der Waals surface area contributed by atoms with Crippen molar-refractivity contribution in [1.82, 2.24) is 0 Å². The van der Waals surface area contributed by atoms with Crippen LogP contribution in [0.5, 0.6) is 0 Å². The predicted octanol–water partition coefficient (Wildman–Crippen LogP) is 9.25. The van der Waals surface area contributed by atoms with Gasteiger partial charge in [-0.15, -0.1) is 0 Å². The van der Waals surface area contributed by atoms with Gasteiger partial charge in [0.15, 0.2) is 0 Å². The Morgan fingerprint density at radius 1 is 0.321 bits per heavy atom. The molecular weight excluding hydrogens is 336 g/mol. The topological polar surface area (TPSA) is 0 Å². The van der Waals surface area contributed by atoms with Crippen molar-refractivity contribution < 1.29 is 0 Å². The van der Waals surface area contributed by atoms with Crippen LogP contribution >= 0.6 is 0 Å². The van der Waals surface area contributed by atoms with Crippen molar-refractivity contribution in [2.24, 2.45) is 21.7 Å². The summed E-state index contributed by atoms with van der Waals surface area (Å²) in [5.41, 5.74) is 3.66. The highest BCUT2D eigenvalue weighted by Gasteiger charge is 2.27.